The van der Waals surface area contributed by atoms with Crippen LogP contribution < -0.4 is 10.6 Å². The summed E-state index contributed by atoms with van der Waals surface area (Å²) < 4.78 is 0. The van der Waals surface area contributed by atoms with E-state index in [1.54, 1.807) is 20.9 Å². The topological polar surface area (TPSA) is 328 Å². The van der Waals surface area contributed by atoms with Gasteiger partial charge in [0, 0.05) is 135 Å². The van der Waals surface area contributed by atoms with E-state index in [1.807, 2.05) is 149 Å². The Morgan fingerprint density at radius 3 is 1.15 bits per heavy atom. The highest BCUT2D eigenvalue weighted by molar-refractivity contribution is 9.09. The number of ketones is 8. The van der Waals surface area contributed by atoms with Crippen molar-refractivity contribution in [3.8, 4) is 12.3 Å². The molecule has 131 heavy (non-hydrogen) atoms. The van der Waals surface area contributed by atoms with Crippen LogP contribution in [0.1, 0.15) is 355 Å². The number of nitrogens with one attached hydrogen (secondary N) is 2. The highest BCUT2D eigenvalue weighted by Gasteiger charge is 2.37. The molecule has 2 heterocycles. The van der Waals surface area contributed by atoms with Gasteiger partial charge in [0.05, 0.1) is 54.5 Å². The molecule has 6 atom stereocenters. The van der Waals surface area contributed by atoms with Crippen molar-refractivity contribution in [2.75, 3.05) is 67.3 Å². The standard InChI is InChI=1S/C24H39N3O4.C19H33NO2.C18H31ClN4O.C16H31BrN2O2.C11H21NO3.C11H21NO2.4CH4/c1-16(2)23(30)20(26(5)17(3)4)8-6-7-15-25-24(31)18-9-11-19(12-10-18)27-21(28)13-14-22(27)29;1-7-8-12-17(21)13-10-9-11-14-18(19(22)15(2)3)20(6)16(4)5;1-12(2)17(24)15(23(6)13(3)4)10-8-7-9-11-16-20-14(5)21-18(19)22-16;1-12(2)16(21)15(19(5)13(3)4)8-6-7-9-18-11-14(20)10-17;1-7(2)11(15)9(6-10(13)14)12(5)8(3)4;1-8(2)11(14)10(6-7-13)12(5)9(3)4;;;;/h13-14,16-20H,6-12,15H2,1-5H3,(H,25,31);1,15-16,18H,8-14H2,2-6H3;12-13,15H,7-11H2,1-6H3;12-13,15,18H,6-11H2,1-5H3;7-9H,6H2,1-5H3,(H,13,14);7-10H,6H2,1-5H3;4*1H4. The molecule has 1 aliphatic carbocycles. The highest BCUT2D eigenvalue weighted by Crippen LogP contribution is 2.30. The van der Waals surface area contributed by atoms with E-state index in [1.165, 1.54) is 17.1 Å². The summed E-state index contributed by atoms with van der Waals surface area (Å²) in [7, 11) is 11.8. The number of amides is 3. The Balaban J connectivity index is -0.000000285. The summed E-state index contributed by atoms with van der Waals surface area (Å²) in [5.41, 5.74) is 0. The molecule has 1 aromatic heterocycles. The van der Waals surface area contributed by atoms with Gasteiger partial charge in [0.1, 0.15) is 23.7 Å². The van der Waals surface area contributed by atoms with Crippen LogP contribution in [0.25, 0.3) is 0 Å². The van der Waals surface area contributed by atoms with Gasteiger partial charge in [-0.2, -0.15) is 0 Å². The maximum Gasteiger partial charge on any atom is 0.305 e. The first-order valence-corrected chi connectivity index (χ1v) is 48.8. The lowest BCUT2D eigenvalue weighted by molar-refractivity contribution is -0.142. The quantitative estimate of drug-likeness (QED) is 0.0179. The fourth-order valence-corrected chi connectivity index (χ4v) is 14.9. The molecule has 1 fully saturated rings. The van der Waals surface area contributed by atoms with E-state index < -0.39 is 12.0 Å². The zero-order valence-corrected chi connectivity index (χ0v) is 87.0. The Labute approximate surface area is 811 Å². The van der Waals surface area contributed by atoms with Crippen LogP contribution >= 0.6 is 27.5 Å². The Morgan fingerprint density at radius 1 is 0.473 bits per heavy atom. The van der Waals surface area contributed by atoms with Crippen LogP contribution in [0.2, 0.25) is 5.28 Å². The number of carbonyl (C=O) groups excluding carboxylic acids is 12. The van der Waals surface area contributed by atoms with Gasteiger partial charge in [0.15, 0.2) is 40.5 Å². The average molecular weight is 1940 g/mol. The molecule has 0 aromatic carbocycles. The molecule has 1 saturated carbocycles. The number of aromatic nitrogens is 3. The summed E-state index contributed by atoms with van der Waals surface area (Å²) in [6.07, 6.45) is 27.1. The van der Waals surface area contributed by atoms with Crippen LogP contribution in [0, 0.1) is 60.7 Å². The average Bonchev–Trinajstić information content (AvgIpc) is 1.69. The molecular formula is C103H192BrClN12O14. The van der Waals surface area contributed by atoms with Crippen molar-refractivity contribution in [2.24, 2.45) is 41.4 Å². The van der Waals surface area contributed by atoms with Crippen molar-refractivity contribution in [3.05, 3.63) is 29.1 Å². The van der Waals surface area contributed by atoms with Gasteiger partial charge in [-0.1, -0.05) is 161 Å². The Morgan fingerprint density at radius 2 is 0.809 bits per heavy atom. The number of rotatable bonds is 57. The summed E-state index contributed by atoms with van der Waals surface area (Å²) in [4.78, 5) is 180. The second-order valence-corrected chi connectivity index (χ2v) is 38.9. The number of aryl methyl sites for hydroxylation is 2. The van der Waals surface area contributed by atoms with Crippen molar-refractivity contribution in [2.45, 2.75) is 435 Å². The number of terminal acetylenes is 1. The van der Waals surface area contributed by atoms with Gasteiger partial charge in [-0.05, 0) is 234 Å². The van der Waals surface area contributed by atoms with Crippen LogP contribution in [0.15, 0.2) is 12.2 Å². The Hall–Kier alpha value is -6.09. The molecule has 0 radical (unpaired) electrons. The number of unbranched alkanes of at least 4 members (excludes halogenated alkanes) is 6. The van der Waals surface area contributed by atoms with Gasteiger partial charge in [0.25, 0.3) is 11.8 Å². The van der Waals surface area contributed by atoms with Gasteiger partial charge in [-0.25, -0.2) is 15.0 Å². The highest BCUT2D eigenvalue weighted by atomic mass is 79.9. The first kappa shape index (κ1) is 138. The number of hydrogen-bond acceptors (Lipinski definition) is 23. The third kappa shape index (κ3) is 57.5. The smallest absolute Gasteiger partial charge is 0.305 e. The van der Waals surface area contributed by atoms with Gasteiger partial charge >= 0.3 is 5.97 Å². The molecule has 0 bridgehead atoms. The third-order valence-electron chi connectivity index (χ3n) is 24.1. The third-order valence-corrected chi connectivity index (χ3v) is 24.9. The number of likely N-dealkylation sites (N-methyl/N-ethyl adjacent to an activating group) is 6. The maximum atomic E-state index is 12.6. The number of carbonyl (C=O) groups is 13. The lowest BCUT2D eigenvalue weighted by Gasteiger charge is -2.33. The van der Waals surface area contributed by atoms with Gasteiger partial charge in [-0.15, -0.1) is 12.3 Å². The molecule has 3 rings (SSSR count). The fourth-order valence-electron chi connectivity index (χ4n) is 14.5. The lowest BCUT2D eigenvalue weighted by atomic mass is 9.84. The molecule has 3 amide bonds. The first-order chi connectivity index (χ1) is 59.1. The van der Waals surface area contributed by atoms with Crippen molar-refractivity contribution in [1.82, 2.24) is 59.9 Å². The number of aliphatic carboxylic acids is 1. The lowest BCUT2D eigenvalue weighted by Crippen LogP contribution is -2.45. The zero-order chi connectivity index (χ0) is 98.4. The number of aldehydes is 1. The summed E-state index contributed by atoms with van der Waals surface area (Å²) >= 11 is 9.00. The number of imide groups is 1. The predicted octanol–water partition coefficient (Wildman–Crippen LogP) is 18.5. The Bertz CT molecular complexity index is 3440. The van der Waals surface area contributed by atoms with Gasteiger partial charge < -0.3 is 20.5 Å². The summed E-state index contributed by atoms with van der Waals surface area (Å²) in [5, 5.41) is 15.6. The number of Topliss-reactive ketones (excluding diaryl/α,β-unsaturated/α-hetero) is 8. The van der Waals surface area contributed by atoms with E-state index in [9.17, 15) is 62.3 Å². The second kappa shape index (κ2) is 76.0. The molecule has 6 unspecified atom stereocenters. The van der Waals surface area contributed by atoms with Gasteiger partial charge in [0.2, 0.25) is 11.2 Å². The van der Waals surface area contributed by atoms with E-state index in [-0.39, 0.29) is 178 Å². The number of hydrogen-bond donors (Lipinski definition) is 3. The summed E-state index contributed by atoms with van der Waals surface area (Å²) in [6, 6.07) is 0.937. The minimum atomic E-state index is -0.929. The predicted molar refractivity (Wildman–Crippen MR) is 546 cm³/mol. The van der Waals surface area contributed by atoms with Crippen molar-refractivity contribution in [1.29, 1.82) is 0 Å². The first-order valence-electron chi connectivity index (χ1n) is 47.3. The van der Waals surface area contributed by atoms with Crippen LogP contribution in [0.4, 0.5) is 0 Å². The monoisotopic (exact) mass is 1940 g/mol. The molecule has 3 N–H and O–H groups in total. The van der Waals surface area contributed by atoms with Crippen LogP contribution in [0.3, 0.4) is 0 Å². The Kier molecular flexibility index (Phi) is 80.1. The van der Waals surface area contributed by atoms with E-state index >= 15 is 0 Å². The number of nitrogens with zero attached hydrogens (tertiary/aromatic N) is 10. The number of halogens is 2. The van der Waals surface area contributed by atoms with Crippen LogP contribution in [-0.4, -0.2) is 276 Å². The molecule has 0 spiro atoms. The minimum Gasteiger partial charge on any atom is -0.481 e. The van der Waals surface area contributed by atoms with E-state index in [4.69, 9.17) is 23.1 Å². The molecule has 1 aliphatic heterocycles. The van der Waals surface area contributed by atoms with Gasteiger partial charge in [-0.3, -0.25) is 91.8 Å². The number of carboxylic acid groups (broad SMARTS) is 1. The minimum absolute atomic E-state index is 0. The SMILES string of the molecule is C.C.C.C.C#CCCC(=O)CCCCCC(C(=O)C(C)C)N(C)C(C)C.CC(C)C(=O)C(CC(=O)O)N(C)C(C)C.CC(C)C(=O)C(CC=O)N(C)C(C)C.CC(C)C(=O)C(CCCCNC(=O)C1CCC(N2C(=O)C=CC2=O)CC1)N(C)C(C)C.CC(C)C(=O)C(CCCCNCC(=O)CBr)N(C)C(C)C.Cc1nc(Cl)nc(CCCCCC(C(=O)C(C)C)N(C)C(C)C)n1. The van der Waals surface area contributed by atoms with Crippen molar-refractivity contribution < 1.29 is 67.4 Å². The number of carboxylic acids is 1. The largest absolute Gasteiger partial charge is 0.481 e. The summed E-state index contributed by atoms with van der Waals surface area (Å²) in [5.74, 6) is 4.43. The van der Waals surface area contributed by atoms with E-state index in [2.05, 4.69) is 122 Å². The molecule has 2 aliphatic rings. The zero-order valence-electron chi connectivity index (χ0n) is 84.6. The molecule has 1 aromatic rings. The molecule has 0 saturated heterocycles. The second-order valence-electron chi connectivity index (χ2n) is 38.0. The maximum absolute atomic E-state index is 12.6. The molecule has 26 nitrogen and oxygen atoms in total. The number of alkyl halides is 1. The molecule has 28 heteroatoms. The molecular weight excluding hydrogens is 1740 g/mol. The molecule has 762 valence electrons. The van der Waals surface area contributed by atoms with E-state index in [0.29, 0.717) is 117 Å². The summed E-state index contributed by atoms with van der Waals surface area (Å²) in [6.45, 7) is 51.6. The van der Waals surface area contributed by atoms with Crippen molar-refractivity contribution in [3.63, 3.8) is 0 Å². The van der Waals surface area contributed by atoms with Crippen LogP contribution in [-0.2, 0) is 68.7 Å². The van der Waals surface area contributed by atoms with E-state index in [0.717, 1.165) is 115 Å². The van der Waals surface area contributed by atoms with Crippen LogP contribution in [0.5, 0.6) is 0 Å². The fraction of sp³-hybridized carbons (Fsp3) is 0.806. The van der Waals surface area contributed by atoms with Crippen molar-refractivity contribution >= 4 is 104 Å². The normalized spacial score (nSPS) is 15.0.